The van der Waals surface area contributed by atoms with E-state index in [0.717, 1.165) is 12.6 Å². The summed E-state index contributed by atoms with van der Waals surface area (Å²) in [4.78, 5) is 26.7. The van der Waals surface area contributed by atoms with Crippen LogP contribution in [-0.2, 0) is 0 Å². The van der Waals surface area contributed by atoms with E-state index in [0.29, 0.717) is 9.75 Å². The van der Waals surface area contributed by atoms with Gasteiger partial charge in [0.1, 0.15) is 0 Å². The second-order valence-corrected chi connectivity index (χ2v) is 9.77. The largest absolute Gasteiger partial charge is 0.371 e. The lowest BCUT2D eigenvalue weighted by molar-refractivity contribution is 0.0189. The molecule has 0 unspecified atom stereocenters. The lowest BCUT2D eigenvalue weighted by Crippen LogP contribution is -2.30. The average molecular weight is 478 g/mol. The van der Waals surface area contributed by atoms with Crippen LogP contribution in [0.1, 0.15) is 20.7 Å². The number of halogens is 3. The van der Waals surface area contributed by atoms with Crippen LogP contribution in [0.25, 0.3) is 19.5 Å². The summed E-state index contributed by atoms with van der Waals surface area (Å²) in [5, 5.41) is 1.81. The van der Waals surface area contributed by atoms with Gasteiger partial charge in [0.25, 0.3) is 0 Å². The highest BCUT2D eigenvalue weighted by molar-refractivity contribution is 14.1. The van der Waals surface area contributed by atoms with Crippen LogP contribution >= 0.6 is 56.6 Å². The molecule has 3 aromatic rings. The van der Waals surface area contributed by atoms with Crippen LogP contribution in [0.15, 0.2) is 29.6 Å². The predicted octanol–water partition coefficient (Wildman–Crippen LogP) is 5.82. The Balaban J connectivity index is 2.04. The fourth-order valence-electron chi connectivity index (χ4n) is 2.47. The molecule has 1 aliphatic rings. The summed E-state index contributed by atoms with van der Waals surface area (Å²) in [6, 6.07) is 7.22. The quantitative estimate of drug-likeness (QED) is 0.344. The van der Waals surface area contributed by atoms with E-state index < -0.39 is 17.5 Å². The van der Waals surface area contributed by atoms with Crippen molar-refractivity contribution >= 4 is 68.2 Å². The molecule has 0 atom stereocenters. The monoisotopic (exact) mass is 478 g/mol. The first-order valence-corrected chi connectivity index (χ1v) is 9.94. The van der Waals surface area contributed by atoms with Gasteiger partial charge in [-0.25, -0.2) is 0 Å². The van der Waals surface area contributed by atoms with Gasteiger partial charge in [0.15, 0.2) is 0 Å². The van der Waals surface area contributed by atoms with Gasteiger partial charge < -0.3 is 0 Å². The molecule has 0 fully saturated rings. The van der Waals surface area contributed by atoms with Gasteiger partial charge >= 0.3 is 5.92 Å². The number of carbonyl (C=O) groups is 2. The Hall–Kier alpha value is -0.970. The number of Topliss-reactive ketones (excluding diaryl/α,β-unsaturated/α-hetero) is 2. The normalized spacial score (nSPS) is 16.1. The number of thiophene rings is 3. The van der Waals surface area contributed by atoms with Gasteiger partial charge in [-0.3, -0.25) is 9.59 Å². The Kier molecular flexibility index (Phi) is 3.56. The lowest BCUT2D eigenvalue weighted by Gasteiger charge is -2.05. The minimum Gasteiger partial charge on any atom is -0.287 e. The zero-order chi connectivity index (χ0) is 16.4. The SMILES string of the molecule is O=C1c2c(-c3cccs3)sc(-c3ccc(I)s3)c2C(=O)C1(F)F. The number of hydrogen-bond donors (Lipinski definition) is 0. The van der Waals surface area contributed by atoms with Gasteiger partial charge in [-0.2, -0.15) is 8.78 Å². The number of alkyl halides is 2. The van der Waals surface area contributed by atoms with E-state index in [-0.39, 0.29) is 11.1 Å². The number of carbonyl (C=O) groups excluding carboxylic acids is 2. The number of fused-ring (bicyclic) bond motifs is 1. The van der Waals surface area contributed by atoms with Crippen molar-refractivity contribution in [3.63, 3.8) is 0 Å². The first-order chi connectivity index (χ1) is 10.9. The van der Waals surface area contributed by atoms with E-state index in [4.69, 9.17) is 0 Å². The molecule has 0 spiro atoms. The van der Waals surface area contributed by atoms with Crippen molar-refractivity contribution < 1.29 is 18.4 Å². The van der Waals surface area contributed by atoms with Crippen LogP contribution in [0.4, 0.5) is 8.78 Å². The second kappa shape index (κ2) is 5.27. The molecule has 0 radical (unpaired) electrons. The highest BCUT2D eigenvalue weighted by Crippen LogP contribution is 2.51. The van der Waals surface area contributed by atoms with Crippen molar-refractivity contribution in [2.24, 2.45) is 0 Å². The maximum absolute atomic E-state index is 14.0. The topological polar surface area (TPSA) is 34.1 Å². The van der Waals surface area contributed by atoms with E-state index in [2.05, 4.69) is 22.6 Å². The third-order valence-electron chi connectivity index (χ3n) is 3.47. The molecule has 0 saturated heterocycles. The molecule has 0 amide bonds. The molecule has 0 aromatic carbocycles. The van der Waals surface area contributed by atoms with Gasteiger partial charge in [-0.05, 0) is 46.2 Å². The standard InChI is InChI=1S/C15H5F2IO2S3/c16-15(17)13(19)9-10(14(15)20)12(7-3-4-8(18)22-7)23-11(9)6-2-1-5-21-6/h1-5H. The van der Waals surface area contributed by atoms with Crippen LogP contribution in [0.2, 0.25) is 0 Å². The fraction of sp³-hybridized carbons (Fsp3) is 0.0667. The second-order valence-electron chi connectivity index (χ2n) is 4.82. The minimum absolute atomic E-state index is 0.119. The molecule has 23 heavy (non-hydrogen) atoms. The molecule has 0 N–H and O–H groups in total. The van der Waals surface area contributed by atoms with Crippen LogP contribution < -0.4 is 0 Å². The molecular weight excluding hydrogens is 473 g/mol. The maximum atomic E-state index is 14.0. The van der Waals surface area contributed by atoms with Crippen molar-refractivity contribution in [2.45, 2.75) is 5.92 Å². The Bertz CT molecular complexity index is 954. The van der Waals surface area contributed by atoms with Gasteiger partial charge in [-0.15, -0.1) is 34.0 Å². The summed E-state index contributed by atoms with van der Waals surface area (Å²) in [6.45, 7) is 0. The van der Waals surface area contributed by atoms with Crippen molar-refractivity contribution in [2.75, 3.05) is 0 Å². The molecule has 0 bridgehead atoms. The van der Waals surface area contributed by atoms with Crippen molar-refractivity contribution in [1.29, 1.82) is 0 Å². The van der Waals surface area contributed by atoms with Crippen molar-refractivity contribution in [1.82, 2.24) is 0 Å². The van der Waals surface area contributed by atoms with Crippen molar-refractivity contribution in [3.8, 4) is 19.5 Å². The molecule has 4 rings (SSSR count). The molecule has 3 aromatic heterocycles. The van der Waals surface area contributed by atoms with Gasteiger partial charge in [0.2, 0.25) is 11.6 Å². The highest BCUT2D eigenvalue weighted by atomic mass is 127. The van der Waals surface area contributed by atoms with E-state index in [9.17, 15) is 18.4 Å². The Morgan fingerprint density at radius 2 is 1.57 bits per heavy atom. The van der Waals surface area contributed by atoms with Gasteiger partial charge in [0, 0.05) is 9.75 Å². The summed E-state index contributed by atoms with van der Waals surface area (Å²) >= 11 is 6.15. The zero-order valence-electron chi connectivity index (χ0n) is 11.1. The summed E-state index contributed by atoms with van der Waals surface area (Å²) in [7, 11) is 0. The van der Waals surface area contributed by atoms with Gasteiger partial charge in [0.05, 0.1) is 23.8 Å². The van der Waals surface area contributed by atoms with Crippen LogP contribution in [0.5, 0.6) is 0 Å². The molecule has 116 valence electrons. The number of rotatable bonds is 2. The van der Waals surface area contributed by atoms with E-state index >= 15 is 0 Å². The fourth-order valence-corrected chi connectivity index (χ4v) is 6.37. The Morgan fingerprint density at radius 1 is 0.913 bits per heavy atom. The lowest BCUT2D eigenvalue weighted by atomic mass is 10.1. The highest BCUT2D eigenvalue weighted by Gasteiger charge is 2.58. The van der Waals surface area contributed by atoms with Crippen LogP contribution in [0, 0.1) is 2.88 Å². The zero-order valence-corrected chi connectivity index (χ0v) is 15.7. The molecule has 0 aliphatic heterocycles. The average Bonchev–Trinajstić information content (AvgIpc) is 3.24. The number of ketones is 2. The maximum Gasteiger partial charge on any atom is 0.371 e. The Morgan fingerprint density at radius 3 is 2.09 bits per heavy atom. The van der Waals surface area contributed by atoms with E-state index in [1.165, 1.54) is 34.0 Å². The molecule has 2 nitrogen and oxygen atoms in total. The Labute approximate surface area is 154 Å². The van der Waals surface area contributed by atoms with E-state index in [1.54, 1.807) is 18.2 Å². The number of hydrogen-bond acceptors (Lipinski definition) is 5. The molecule has 0 saturated carbocycles. The first-order valence-electron chi connectivity index (χ1n) is 6.35. The summed E-state index contributed by atoms with van der Waals surface area (Å²) in [5.74, 6) is -6.71. The first kappa shape index (κ1) is 15.6. The minimum atomic E-state index is -3.95. The summed E-state index contributed by atoms with van der Waals surface area (Å²) < 4.78 is 29.0. The molecule has 8 heteroatoms. The molecular formula is C15H5F2IO2S3. The summed E-state index contributed by atoms with van der Waals surface area (Å²) in [6.07, 6.45) is 0. The van der Waals surface area contributed by atoms with Crippen molar-refractivity contribution in [3.05, 3.63) is 43.7 Å². The smallest absolute Gasteiger partial charge is 0.287 e. The molecule has 3 heterocycles. The molecule has 1 aliphatic carbocycles. The van der Waals surface area contributed by atoms with Gasteiger partial charge in [-0.1, -0.05) is 6.07 Å². The van der Waals surface area contributed by atoms with Crippen LogP contribution in [-0.4, -0.2) is 17.5 Å². The predicted molar refractivity (Wildman–Crippen MR) is 97.3 cm³/mol. The van der Waals surface area contributed by atoms with Crippen LogP contribution in [0.3, 0.4) is 0 Å². The third kappa shape index (κ3) is 2.19. The summed E-state index contributed by atoms with van der Waals surface area (Å²) in [5.41, 5.74) is -0.238. The van der Waals surface area contributed by atoms with E-state index in [1.807, 2.05) is 11.4 Å². The third-order valence-corrected chi connectivity index (χ3v) is 7.79.